The molecule has 4 aromatic rings. The summed E-state index contributed by atoms with van der Waals surface area (Å²) in [5.74, 6) is -2.83. The predicted octanol–water partition coefficient (Wildman–Crippen LogP) is 5.24. The molecule has 3 amide bonds. The van der Waals surface area contributed by atoms with Crippen molar-refractivity contribution in [1.82, 2.24) is 4.98 Å². The minimum atomic E-state index is -0.916. The van der Waals surface area contributed by atoms with Gasteiger partial charge in [-0.3, -0.25) is 14.4 Å². The molecular weight excluding hydrogens is 542 g/mol. The zero-order chi connectivity index (χ0) is 30.5. The molecule has 5 N–H and O–H groups in total. The highest BCUT2D eigenvalue weighted by Crippen LogP contribution is 2.43. The number of fused-ring (bicyclic) bond motifs is 3. The van der Waals surface area contributed by atoms with Gasteiger partial charge in [0.05, 0.1) is 27.9 Å². The van der Waals surface area contributed by atoms with E-state index in [2.05, 4.69) is 10.3 Å². The van der Waals surface area contributed by atoms with Crippen molar-refractivity contribution >= 4 is 40.5 Å². The Kier molecular flexibility index (Phi) is 7.36. The summed E-state index contributed by atoms with van der Waals surface area (Å²) in [7, 11) is 1.35. The maximum atomic E-state index is 16.0. The van der Waals surface area contributed by atoms with Gasteiger partial charge in [0, 0.05) is 29.4 Å². The molecule has 0 aliphatic heterocycles. The Bertz CT molecular complexity index is 1760. The van der Waals surface area contributed by atoms with E-state index in [0.717, 1.165) is 28.3 Å². The Morgan fingerprint density at radius 2 is 1.86 bits per heavy atom. The number of benzene rings is 3. The number of nitrogens with one attached hydrogen (secondary N) is 2. The van der Waals surface area contributed by atoms with Crippen LogP contribution >= 0.6 is 0 Å². The molecule has 0 fully saturated rings. The minimum Gasteiger partial charge on any atom is -0.390 e. The summed E-state index contributed by atoms with van der Waals surface area (Å²) in [5.41, 5.74) is 8.29. The lowest BCUT2D eigenvalue weighted by Gasteiger charge is -2.32. The summed E-state index contributed by atoms with van der Waals surface area (Å²) in [5, 5.41) is 14.0. The van der Waals surface area contributed by atoms with E-state index in [9.17, 15) is 23.9 Å². The third-order valence-corrected chi connectivity index (χ3v) is 8.27. The predicted molar refractivity (Wildman–Crippen MR) is 158 cm³/mol. The van der Waals surface area contributed by atoms with Crippen LogP contribution in [0.25, 0.3) is 22.0 Å². The van der Waals surface area contributed by atoms with E-state index in [0.29, 0.717) is 53.4 Å². The van der Waals surface area contributed by atoms with E-state index in [1.807, 2.05) is 0 Å². The van der Waals surface area contributed by atoms with Gasteiger partial charge in [0.2, 0.25) is 6.41 Å². The number of anilines is 2. The number of aliphatic hydroxyl groups is 1. The molecule has 5 rings (SSSR count). The van der Waals surface area contributed by atoms with E-state index in [4.69, 9.17) is 5.73 Å². The maximum absolute atomic E-state index is 16.0. The fourth-order valence-electron chi connectivity index (χ4n) is 5.98. The summed E-state index contributed by atoms with van der Waals surface area (Å²) in [6.45, 7) is 5.25. The lowest BCUT2D eigenvalue weighted by molar-refractivity contribution is -0.107. The standard InChI is InChI=1S/C32H32F2N4O4/c1-16-18(7-6-10-24(16)37-31(41)20-8-5-9-22(33)29(20)38(4)15-39)26-23(34)14-21(30(35)40)28-27(26)19-12-11-17(32(2,3)42)13-25(19)36-28/h5-10,14-15,17,36,42H,11-13H2,1-4H3,(H2,35,40)(H,37,41). The number of para-hydroxylation sites is 1. The molecular formula is C32H32F2N4O4. The Hall–Kier alpha value is -4.57. The number of nitrogens with zero attached hydrogens (tertiary/aromatic N) is 1. The number of amides is 3. The van der Waals surface area contributed by atoms with Crippen molar-refractivity contribution in [2.24, 2.45) is 11.7 Å². The highest BCUT2D eigenvalue weighted by Gasteiger charge is 2.34. The summed E-state index contributed by atoms with van der Waals surface area (Å²) < 4.78 is 30.5. The van der Waals surface area contributed by atoms with E-state index in [1.54, 1.807) is 39.0 Å². The van der Waals surface area contributed by atoms with Crippen molar-refractivity contribution in [1.29, 1.82) is 0 Å². The Morgan fingerprint density at radius 1 is 1.14 bits per heavy atom. The molecule has 8 nitrogen and oxygen atoms in total. The lowest BCUT2D eigenvalue weighted by atomic mass is 9.77. The van der Waals surface area contributed by atoms with Crippen LogP contribution in [-0.2, 0) is 17.6 Å². The zero-order valence-corrected chi connectivity index (χ0v) is 23.8. The number of primary amides is 1. The van der Waals surface area contributed by atoms with Gasteiger partial charge < -0.3 is 26.0 Å². The fraction of sp³-hybridized carbons (Fsp3) is 0.281. The largest absolute Gasteiger partial charge is 0.390 e. The number of carbonyl (C=O) groups excluding carboxylic acids is 3. The molecule has 1 atom stereocenters. The number of hydrogen-bond acceptors (Lipinski definition) is 4. The molecule has 1 aromatic heterocycles. The van der Waals surface area contributed by atoms with Crippen LogP contribution in [-0.4, -0.2) is 41.0 Å². The lowest BCUT2D eigenvalue weighted by Crippen LogP contribution is -2.34. The molecule has 1 aliphatic carbocycles. The molecule has 0 saturated heterocycles. The first-order chi connectivity index (χ1) is 19.8. The molecule has 3 aromatic carbocycles. The minimum absolute atomic E-state index is 0.0282. The summed E-state index contributed by atoms with van der Waals surface area (Å²) in [6.07, 6.45) is 2.16. The molecule has 1 unspecified atom stereocenters. The van der Waals surface area contributed by atoms with Gasteiger partial charge in [0.25, 0.3) is 11.8 Å². The molecule has 0 saturated carbocycles. The van der Waals surface area contributed by atoms with Crippen LogP contribution in [0.15, 0.2) is 42.5 Å². The molecule has 0 bridgehead atoms. The smallest absolute Gasteiger partial charge is 0.257 e. The van der Waals surface area contributed by atoms with Crippen LogP contribution in [0.4, 0.5) is 20.2 Å². The summed E-state index contributed by atoms with van der Waals surface area (Å²) in [4.78, 5) is 41.3. The van der Waals surface area contributed by atoms with E-state index in [-0.39, 0.29) is 28.3 Å². The number of hydrogen-bond donors (Lipinski definition) is 4. The second kappa shape index (κ2) is 10.7. The number of aryl methyl sites for hydroxylation is 1. The SMILES string of the molecule is Cc1c(NC(=O)c2cccc(F)c2N(C)C=O)cccc1-c1c(F)cc(C(N)=O)c2[nH]c3c(c12)CCC(C(C)(C)O)C3. The molecule has 0 radical (unpaired) electrons. The summed E-state index contributed by atoms with van der Waals surface area (Å²) in [6, 6.07) is 10.1. The third-order valence-electron chi connectivity index (χ3n) is 8.27. The Morgan fingerprint density at radius 3 is 2.52 bits per heavy atom. The normalized spacial score (nSPS) is 14.9. The van der Waals surface area contributed by atoms with Crippen LogP contribution < -0.4 is 16.0 Å². The highest BCUT2D eigenvalue weighted by atomic mass is 19.1. The van der Waals surface area contributed by atoms with Gasteiger partial charge >= 0.3 is 0 Å². The highest BCUT2D eigenvalue weighted by molar-refractivity contribution is 6.12. The molecule has 218 valence electrons. The van der Waals surface area contributed by atoms with Crippen LogP contribution in [0, 0.1) is 24.5 Å². The number of H-pyrrole nitrogens is 1. The monoisotopic (exact) mass is 574 g/mol. The quantitative estimate of drug-likeness (QED) is 0.225. The summed E-state index contributed by atoms with van der Waals surface area (Å²) >= 11 is 0. The van der Waals surface area contributed by atoms with Crippen molar-refractivity contribution < 1.29 is 28.3 Å². The molecule has 1 aliphatic rings. The van der Waals surface area contributed by atoms with Gasteiger partial charge in [0.1, 0.15) is 11.6 Å². The van der Waals surface area contributed by atoms with E-state index >= 15 is 4.39 Å². The fourth-order valence-corrected chi connectivity index (χ4v) is 5.98. The second-order valence-electron chi connectivity index (χ2n) is 11.4. The average Bonchev–Trinajstić information content (AvgIpc) is 3.31. The number of nitrogens with two attached hydrogens (primary N) is 1. The number of rotatable bonds is 7. The van der Waals surface area contributed by atoms with Crippen molar-refractivity contribution in [3.63, 3.8) is 0 Å². The van der Waals surface area contributed by atoms with Gasteiger partial charge in [-0.2, -0.15) is 0 Å². The third kappa shape index (κ3) is 4.92. The second-order valence-corrected chi connectivity index (χ2v) is 11.4. The van der Waals surface area contributed by atoms with E-state index < -0.39 is 29.0 Å². The Labute approximate surface area is 241 Å². The number of aromatic nitrogens is 1. The van der Waals surface area contributed by atoms with Gasteiger partial charge in [-0.1, -0.05) is 18.2 Å². The molecule has 10 heteroatoms. The average molecular weight is 575 g/mol. The topological polar surface area (TPSA) is 129 Å². The number of halogens is 2. The number of aromatic amines is 1. The first kappa shape index (κ1) is 28.9. The van der Waals surface area contributed by atoms with Crippen molar-refractivity contribution in [3.05, 3.63) is 82.0 Å². The van der Waals surface area contributed by atoms with Gasteiger partial charge in [0.15, 0.2) is 0 Å². The van der Waals surface area contributed by atoms with Crippen LogP contribution in [0.3, 0.4) is 0 Å². The van der Waals surface area contributed by atoms with Crippen molar-refractivity contribution in [2.45, 2.75) is 45.6 Å². The van der Waals surface area contributed by atoms with Gasteiger partial charge in [-0.05, 0) is 86.9 Å². The van der Waals surface area contributed by atoms with Gasteiger partial charge in [-0.25, -0.2) is 8.78 Å². The van der Waals surface area contributed by atoms with Crippen LogP contribution in [0.2, 0.25) is 0 Å². The van der Waals surface area contributed by atoms with Crippen LogP contribution in [0.1, 0.15) is 57.8 Å². The first-order valence-corrected chi connectivity index (χ1v) is 13.6. The van der Waals surface area contributed by atoms with Crippen LogP contribution in [0.5, 0.6) is 0 Å². The zero-order valence-electron chi connectivity index (χ0n) is 23.8. The number of carbonyl (C=O) groups is 3. The van der Waals surface area contributed by atoms with Gasteiger partial charge in [-0.15, -0.1) is 0 Å². The molecule has 1 heterocycles. The van der Waals surface area contributed by atoms with E-state index in [1.165, 1.54) is 19.2 Å². The molecule has 42 heavy (non-hydrogen) atoms. The molecule has 0 spiro atoms. The maximum Gasteiger partial charge on any atom is 0.257 e. The van der Waals surface area contributed by atoms with Crippen molar-refractivity contribution in [3.8, 4) is 11.1 Å². The Balaban J connectivity index is 1.64. The van der Waals surface area contributed by atoms with Crippen molar-refractivity contribution in [2.75, 3.05) is 17.3 Å². The first-order valence-electron chi connectivity index (χ1n) is 13.6.